The largest absolute Gasteiger partial charge is 0.0842 e. The van der Waals surface area contributed by atoms with E-state index in [0.717, 1.165) is 11.8 Å². The quantitative estimate of drug-likeness (QED) is 0.618. The van der Waals surface area contributed by atoms with Crippen molar-refractivity contribution in [2.24, 2.45) is 11.8 Å². The fourth-order valence-corrected chi connectivity index (χ4v) is 3.90. The average molecular weight is 234 g/mol. The van der Waals surface area contributed by atoms with E-state index >= 15 is 0 Å². The zero-order valence-electron chi connectivity index (χ0n) is 10.6. The first-order valence-corrected chi connectivity index (χ1v) is 7.10. The summed E-state index contributed by atoms with van der Waals surface area (Å²) in [5.74, 6) is 1.55. The molecule has 0 heteroatoms. The van der Waals surface area contributed by atoms with Crippen LogP contribution in [0.3, 0.4) is 0 Å². The minimum Gasteiger partial charge on any atom is -0.0842 e. The Hall–Kier alpha value is -1.56. The molecule has 0 nitrogen and oxygen atoms in total. The van der Waals surface area contributed by atoms with Crippen molar-refractivity contribution in [2.45, 2.75) is 25.7 Å². The first kappa shape index (κ1) is 10.4. The summed E-state index contributed by atoms with van der Waals surface area (Å²) in [6.07, 6.45) is 14.6. The zero-order valence-corrected chi connectivity index (χ0v) is 10.6. The summed E-state index contributed by atoms with van der Waals surface area (Å²) in [6.45, 7) is 0. The van der Waals surface area contributed by atoms with Crippen LogP contribution in [0.15, 0.2) is 54.1 Å². The minimum atomic E-state index is 0.768. The van der Waals surface area contributed by atoms with Crippen LogP contribution in [0.4, 0.5) is 0 Å². The molecule has 0 amide bonds. The topological polar surface area (TPSA) is 0 Å². The van der Waals surface area contributed by atoms with Crippen LogP contribution in [0, 0.1) is 11.8 Å². The molecule has 4 rings (SSSR count). The van der Waals surface area contributed by atoms with Gasteiger partial charge in [0.05, 0.1) is 0 Å². The summed E-state index contributed by atoms with van der Waals surface area (Å²) in [6, 6.07) is 8.96. The lowest BCUT2D eigenvalue weighted by atomic mass is 9.66. The smallest absolute Gasteiger partial charge is 0.00838 e. The maximum Gasteiger partial charge on any atom is -0.00838 e. The molecular formula is C18H18. The van der Waals surface area contributed by atoms with Crippen LogP contribution in [-0.2, 0) is 6.42 Å². The maximum atomic E-state index is 2.38. The zero-order chi connectivity index (χ0) is 11.9. The third-order valence-corrected chi connectivity index (χ3v) is 4.78. The number of hydrogen-bond acceptors (Lipinski definition) is 0. The van der Waals surface area contributed by atoms with Gasteiger partial charge in [-0.15, -0.1) is 0 Å². The van der Waals surface area contributed by atoms with Crippen LogP contribution < -0.4 is 0 Å². The summed E-state index contributed by atoms with van der Waals surface area (Å²) < 4.78 is 0. The molecule has 0 N–H and O–H groups in total. The Balaban J connectivity index is 1.84. The van der Waals surface area contributed by atoms with E-state index in [1.165, 1.54) is 31.2 Å². The molecule has 2 atom stereocenters. The monoisotopic (exact) mass is 234 g/mol. The van der Waals surface area contributed by atoms with Gasteiger partial charge in [0.1, 0.15) is 0 Å². The second-order valence-corrected chi connectivity index (χ2v) is 5.68. The highest BCUT2D eigenvalue weighted by Gasteiger charge is 2.33. The number of aryl methyl sites for hydroxylation is 1. The van der Waals surface area contributed by atoms with Gasteiger partial charge in [-0.2, -0.15) is 0 Å². The molecule has 0 saturated carbocycles. The summed E-state index contributed by atoms with van der Waals surface area (Å²) in [5.41, 5.74) is 6.22. The van der Waals surface area contributed by atoms with Crippen LogP contribution in [0.1, 0.15) is 30.4 Å². The van der Waals surface area contributed by atoms with Gasteiger partial charge < -0.3 is 0 Å². The summed E-state index contributed by atoms with van der Waals surface area (Å²) in [5, 5.41) is 0. The normalized spacial score (nSPS) is 28.7. The molecule has 0 radical (unpaired) electrons. The standard InChI is InChI=1S/C18H18/c1-3-7-15-13(5-1)9-11-18-16-8-4-2-6-14(16)10-12-17(15)18/h1-3,5-7,10,12,16,18H,4,8-9,11H2. The van der Waals surface area contributed by atoms with Crippen LogP contribution in [0.25, 0.3) is 5.57 Å². The van der Waals surface area contributed by atoms with Gasteiger partial charge >= 0.3 is 0 Å². The molecule has 1 aromatic carbocycles. The molecule has 0 spiro atoms. The maximum absolute atomic E-state index is 2.38. The molecule has 18 heavy (non-hydrogen) atoms. The van der Waals surface area contributed by atoms with Gasteiger partial charge in [0, 0.05) is 0 Å². The highest BCUT2D eigenvalue weighted by atomic mass is 14.4. The Kier molecular flexibility index (Phi) is 2.29. The fourth-order valence-electron chi connectivity index (χ4n) is 3.90. The highest BCUT2D eigenvalue weighted by molar-refractivity contribution is 5.75. The van der Waals surface area contributed by atoms with Gasteiger partial charge in [-0.3, -0.25) is 0 Å². The van der Waals surface area contributed by atoms with Crippen molar-refractivity contribution in [1.29, 1.82) is 0 Å². The van der Waals surface area contributed by atoms with E-state index in [1.807, 2.05) is 0 Å². The van der Waals surface area contributed by atoms with Crippen LogP contribution >= 0.6 is 0 Å². The van der Waals surface area contributed by atoms with E-state index in [4.69, 9.17) is 0 Å². The molecule has 0 bridgehead atoms. The number of hydrogen-bond donors (Lipinski definition) is 0. The number of allylic oxidation sites excluding steroid dienone is 6. The highest BCUT2D eigenvalue weighted by Crippen LogP contribution is 2.47. The average Bonchev–Trinajstić information content (AvgIpc) is 2.46. The van der Waals surface area contributed by atoms with Gasteiger partial charge in [-0.25, -0.2) is 0 Å². The van der Waals surface area contributed by atoms with Crippen molar-refractivity contribution in [3.05, 3.63) is 65.3 Å². The van der Waals surface area contributed by atoms with E-state index in [2.05, 4.69) is 48.6 Å². The van der Waals surface area contributed by atoms with Crippen LogP contribution in [0.5, 0.6) is 0 Å². The van der Waals surface area contributed by atoms with Crippen molar-refractivity contribution < 1.29 is 0 Å². The SMILES string of the molecule is C1=CC2=CC=C3c4ccccc4CCC3C2CC1. The van der Waals surface area contributed by atoms with E-state index in [9.17, 15) is 0 Å². The molecule has 1 aromatic rings. The number of benzene rings is 1. The Morgan fingerprint density at radius 1 is 0.944 bits per heavy atom. The number of fused-ring (bicyclic) bond motifs is 5. The molecule has 2 unspecified atom stereocenters. The van der Waals surface area contributed by atoms with E-state index < -0.39 is 0 Å². The third-order valence-electron chi connectivity index (χ3n) is 4.78. The number of rotatable bonds is 0. The van der Waals surface area contributed by atoms with Gasteiger partial charge in [-0.05, 0) is 59.8 Å². The van der Waals surface area contributed by atoms with Crippen molar-refractivity contribution in [1.82, 2.24) is 0 Å². The van der Waals surface area contributed by atoms with Crippen molar-refractivity contribution >= 4 is 5.57 Å². The Bertz CT molecular complexity index is 571. The van der Waals surface area contributed by atoms with E-state index in [1.54, 1.807) is 16.7 Å². The second kappa shape index (κ2) is 3.98. The van der Waals surface area contributed by atoms with Crippen LogP contribution in [-0.4, -0.2) is 0 Å². The lowest BCUT2D eigenvalue weighted by Gasteiger charge is -2.38. The molecule has 0 fully saturated rings. The van der Waals surface area contributed by atoms with E-state index in [0.29, 0.717) is 0 Å². The lowest BCUT2D eigenvalue weighted by Crippen LogP contribution is -2.26. The molecule has 0 aliphatic heterocycles. The first-order valence-electron chi connectivity index (χ1n) is 7.10. The van der Waals surface area contributed by atoms with Crippen LogP contribution in [0.2, 0.25) is 0 Å². The summed E-state index contributed by atoms with van der Waals surface area (Å²) >= 11 is 0. The molecule has 0 heterocycles. The van der Waals surface area contributed by atoms with Crippen molar-refractivity contribution in [3.63, 3.8) is 0 Å². The molecule has 0 saturated heterocycles. The minimum absolute atomic E-state index is 0.768. The van der Waals surface area contributed by atoms with E-state index in [-0.39, 0.29) is 0 Å². The summed E-state index contributed by atoms with van der Waals surface area (Å²) in [4.78, 5) is 0. The second-order valence-electron chi connectivity index (χ2n) is 5.68. The van der Waals surface area contributed by atoms with Gasteiger partial charge in [0.25, 0.3) is 0 Å². The Labute approximate surface area is 109 Å². The van der Waals surface area contributed by atoms with Crippen molar-refractivity contribution in [3.8, 4) is 0 Å². The Morgan fingerprint density at radius 2 is 1.89 bits per heavy atom. The van der Waals surface area contributed by atoms with Gasteiger partial charge in [-0.1, -0.05) is 48.6 Å². The van der Waals surface area contributed by atoms with Gasteiger partial charge in [0.2, 0.25) is 0 Å². The van der Waals surface area contributed by atoms with Crippen molar-refractivity contribution in [2.75, 3.05) is 0 Å². The molecule has 0 aromatic heterocycles. The third kappa shape index (κ3) is 1.45. The molecule has 3 aliphatic carbocycles. The summed E-state index contributed by atoms with van der Waals surface area (Å²) in [7, 11) is 0. The molecule has 3 aliphatic rings. The lowest BCUT2D eigenvalue weighted by molar-refractivity contribution is 0.403. The predicted octanol–water partition coefficient (Wildman–Crippen LogP) is 4.54. The predicted molar refractivity (Wildman–Crippen MR) is 76.2 cm³/mol. The Morgan fingerprint density at radius 3 is 2.89 bits per heavy atom. The molecule has 90 valence electrons. The van der Waals surface area contributed by atoms with Gasteiger partial charge in [0.15, 0.2) is 0 Å². The molecular weight excluding hydrogens is 216 g/mol. The first-order chi connectivity index (χ1) is 8.93. The fraction of sp³-hybridized carbons (Fsp3) is 0.333.